The number of anilines is 1. The van der Waals surface area contributed by atoms with Crippen molar-refractivity contribution < 1.29 is 21.9 Å². The van der Waals surface area contributed by atoms with Gasteiger partial charge in [-0.3, -0.25) is 4.72 Å². The van der Waals surface area contributed by atoms with Gasteiger partial charge in [-0.1, -0.05) is 12.1 Å². The van der Waals surface area contributed by atoms with Gasteiger partial charge in [0.15, 0.2) is 17.4 Å². The predicted molar refractivity (Wildman–Crippen MR) is 108 cm³/mol. The van der Waals surface area contributed by atoms with Crippen molar-refractivity contribution in [2.24, 2.45) is 11.7 Å². The highest BCUT2D eigenvalue weighted by Gasteiger charge is 2.23. The normalized spacial score (nSPS) is 16.4. The minimum Gasteiger partial charge on any atom is -0.451 e. The van der Waals surface area contributed by atoms with Gasteiger partial charge in [-0.25, -0.2) is 17.2 Å². The van der Waals surface area contributed by atoms with Crippen LogP contribution in [0.1, 0.15) is 30.9 Å². The average molecular weight is 426 g/mol. The Morgan fingerprint density at radius 1 is 1.24 bits per heavy atom. The molecule has 3 rings (SSSR count). The smallest absolute Gasteiger partial charge is 0.229 e. The first-order valence-corrected chi connectivity index (χ1v) is 11.3. The highest BCUT2D eigenvalue weighted by atomic mass is 32.2. The van der Waals surface area contributed by atoms with Crippen LogP contribution in [0.25, 0.3) is 0 Å². The molecule has 1 atom stereocenters. The molecule has 1 heterocycles. The van der Waals surface area contributed by atoms with E-state index in [1.807, 2.05) is 0 Å². The van der Waals surface area contributed by atoms with E-state index in [1.165, 1.54) is 30.3 Å². The van der Waals surface area contributed by atoms with Gasteiger partial charge in [0.1, 0.15) is 5.75 Å². The SMILES string of the molecule is CS(=O)(=O)Nc1cccc(Oc2c(F)ccc(C(N)CC3CCNCC3)c2F)c1. The zero-order valence-electron chi connectivity index (χ0n) is 16.1. The summed E-state index contributed by atoms with van der Waals surface area (Å²) in [6, 6.07) is 7.77. The second kappa shape index (κ2) is 9.06. The van der Waals surface area contributed by atoms with Crippen LogP contribution in [0.3, 0.4) is 0 Å². The third-order valence-corrected chi connectivity index (χ3v) is 5.49. The number of ether oxygens (including phenoxy) is 1. The van der Waals surface area contributed by atoms with Gasteiger partial charge in [0.2, 0.25) is 10.0 Å². The fourth-order valence-electron chi connectivity index (χ4n) is 3.49. The van der Waals surface area contributed by atoms with Crippen LogP contribution in [0.2, 0.25) is 0 Å². The van der Waals surface area contributed by atoms with Gasteiger partial charge in [-0.15, -0.1) is 0 Å². The molecule has 2 aromatic rings. The van der Waals surface area contributed by atoms with Gasteiger partial charge in [0.25, 0.3) is 0 Å². The summed E-state index contributed by atoms with van der Waals surface area (Å²) >= 11 is 0. The molecule has 158 valence electrons. The Kier molecular flexibility index (Phi) is 6.71. The molecule has 1 unspecified atom stereocenters. The lowest BCUT2D eigenvalue weighted by Gasteiger charge is -2.26. The van der Waals surface area contributed by atoms with Crippen molar-refractivity contribution in [3.8, 4) is 11.5 Å². The molecule has 0 spiro atoms. The quantitative estimate of drug-likeness (QED) is 0.631. The number of benzene rings is 2. The minimum absolute atomic E-state index is 0.0977. The molecule has 2 aromatic carbocycles. The topological polar surface area (TPSA) is 93.5 Å². The highest BCUT2D eigenvalue weighted by molar-refractivity contribution is 7.92. The fraction of sp³-hybridized carbons (Fsp3) is 0.400. The molecule has 1 aliphatic heterocycles. The number of piperidine rings is 1. The van der Waals surface area contributed by atoms with Crippen LogP contribution in [0.5, 0.6) is 11.5 Å². The van der Waals surface area contributed by atoms with Crippen molar-refractivity contribution in [1.29, 1.82) is 0 Å². The minimum atomic E-state index is -3.49. The molecule has 0 radical (unpaired) electrons. The van der Waals surface area contributed by atoms with Gasteiger partial charge in [0.05, 0.1) is 11.9 Å². The number of nitrogens with two attached hydrogens (primary N) is 1. The van der Waals surface area contributed by atoms with Crippen LogP contribution < -0.4 is 20.5 Å². The van der Waals surface area contributed by atoms with E-state index in [0.717, 1.165) is 38.3 Å². The van der Waals surface area contributed by atoms with E-state index >= 15 is 4.39 Å². The molecule has 1 saturated heterocycles. The van der Waals surface area contributed by atoms with Crippen molar-refractivity contribution in [1.82, 2.24) is 5.32 Å². The van der Waals surface area contributed by atoms with E-state index in [-0.39, 0.29) is 17.0 Å². The van der Waals surface area contributed by atoms with Crippen LogP contribution in [0, 0.1) is 17.6 Å². The maximum Gasteiger partial charge on any atom is 0.229 e. The third kappa shape index (κ3) is 5.88. The van der Waals surface area contributed by atoms with E-state index in [4.69, 9.17) is 10.5 Å². The summed E-state index contributed by atoms with van der Waals surface area (Å²) in [4.78, 5) is 0. The lowest BCUT2D eigenvalue weighted by Crippen LogP contribution is -2.29. The highest BCUT2D eigenvalue weighted by Crippen LogP contribution is 2.34. The largest absolute Gasteiger partial charge is 0.451 e. The number of sulfonamides is 1. The third-order valence-electron chi connectivity index (χ3n) is 4.88. The fourth-order valence-corrected chi connectivity index (χ4v) is 4.04. The number of hydrogen-bond donors (Lipinski definition) is 3. The molecule has 29 heavy (non-hydrogen) atoms. The van der Waals surface area contributed by atoms with Crippen molar-refractivity contribution in [3.05, 3.63) is 53.6 Å². The molecule has 9 heteroatoms. The van der Waals surface area contributed by atoms with Crippen LogP contribution in [0.15, 0.2) is 36.4 Å². The Hall–Kier alpha value is -2.23. The lowest BCUT2D eigenvalue weighted by atomic mass is 9.88. The molecule has 0 bridgehead atoms. The summed E-state index contributed by atoms with van der Waals surface area (Å²) < 4.78 is 59.8. The van der Waals surface area contributed by atoms with E-state index in [1.54, 1.807) is 0 Å². The molecule has 0 saturated carbocycles. The van der Waals surface area contributed by atoms with Crippen LogP contribution >= 0.6 is 0 Å². The molecule has 6 nitrogen and oxygen atoms in total. The van der Waals surface area contributed by atoms with Crippen molar-refractivity contribution >= 4 is 15.7 Å². The summed E-state index contributed by atoms with van der Waals surface area (Å²) in [5.41, 5.74) is 6.64. The summed E-state index contributed by atoms with van der Waals surface area (Å²) in [7, 11) is -3.49. The Balaban J connectivity index is 1.81. The van der Waals surface area contributed by atoms with Gasteiger partial charge in [-0.2, -0.15) is 0 Å². The number of nitrogens with one attached hydrogen (secondary N) is 2. The van der Waals surface area contributed by atoms with Gasteiger partial charge >= 0.3 is 0 Å². The van der Waals surface area contributed by atoms with Crippen LogP contribution in [-0.4, -0.2) is 27.8 Å². The second-order valence-corrected chi connectivity index (χ2v) is 9.07. The van der Waals surface area contributed by atoms with E-state index < -0.39 is 33.4 Å². The molecule has 0 aliphatic carbocycles. The molecule has 1 aliphatic rings. The summed E-state index contributed by atoms with van der Waals surface area (Å²) in [5.74, 6) is -1.77. The number of rotatable bonds is 7. The van der Waals surface area contributed by atoms with Gasteiger partial charge in [0, 0.05) is 17.7 Å². The second-order valence-electron chi connectivity index (χ2n) is 7.32. The Morgan fingerprint density at radius 2 is 1.97 bits per heavy atom. The predicted octanol–water partition coefficient (Wildman–Crippen LogP) is 3.52. The monoisotopic (exact) mass is 425 g/mol. The molecule has 0 amide bonds. The molecule has 1 fully saturated rings. The standard InChI is InChI=1S/C20H25F2N3O3S/c1-29(26,27)25-14-3-2-4-15(12-14)28-20-17(21)6-5-16(19(20)22)18(23)11-13-7-9-24-10-8-13/h2-6,12-13,18,24-25H,7-11,23H2,1H3. The zero-order valence-corrected chi connectivity index (χ0v) is 16.9. The number of hydrogen-bond acceptors (Lipinski definition) is 5. The zero-order chi connectivity index (χ0) is 21.0. The first kappa shape index (κ1) is 21.5. The summed E-state index contributed by atoms with van der Waals surface area (Å²) in [5, 5.41) is 3.27. The van der Waals surface area contributed by atoms with Crippen molar-refractivity contribution in [2.45, 2.75) is 25.3 Å². The van der Waals surface area contributed by atoms with Gasteiger partial charge < -0.3 is 15.8 Å². The summed E-state index contributed by atoms with van der Waals surface area (Å²) in [6.45, 7) is 1.82. The first-order valence-electron chi connectivity index (χ1n) is 9.43. The average Bonchev–Trinajstić information content (AvgIpc) is 2.65. The van der Waals surface area contributed by atoms with Crippen LogP contribution in [0.4, 0.5) is 14.5 Å². The Morgan fingerprint density at radius 3 is 2.66 bits per heavy atom. The molecule has 0 aromatic heterocycles. The maximum atomic E-state index is 15.0. The van der Waals surface area contributed by atoms with E-state index in [9.17, 15) is 12.8 Å². The summed E-state index contributed by atoms with van der Waals surface area (Å²) in [6.07, 6.45) is 3.56. The first-order chi connectivity index (χ1) is 13.7. The Labute approximate surface area is 169 Å². The van der Waals surface area contributed by atoms with E-state index in [2.05, 4.69) is 10.0 Å². The maximum absolute atomic E-state index is 15.0. The van der Waals surface area contributed by atoms with Crippen molar-refractivity contribution in [2.75, 3.05) is 24.1 Å². The molecule has 4 N–H and O–H groups in total. The van der Waals surface area contributed by atoms with Crippen molar-refractivity contribution in [3.63, 3.8) is 0 Å². The molecular weight excluding hydrogens is 400 g/mol. The Bertz CT molecular complexity index is 963. The number of halogens is 2. The molecular formula is C20H25F2N3O3S. The lowest BCUT2D eigenvalue weighted by molar-refractivity contribution is 0.328. The van der Waals surface area contributed by atoms with Crippen LogP contribution in [-0.2, 0) is 10.0 Å². The van der Waals surface area contributed by atoms with Gasteiger partial charge in [-0.05, 0) is 56.5 Å². The van der Waals surface area contributed by atoms with E-state index in [0.29, 0.717) is 12.3 Å².